The Morgan fingerprint density at radius 3 is 2.67 bits per heavy atom. The van der Waals surface area contributed by atoms with Gasteiger partial charge < -0.3 is 4.90 Å². The molecule has 0 N–H and O–H groups in total. The van der Waals surface area contributed by atoms with Crippen molar-refractivity contribution in [2.45, 2.75) is 11.8 Å². The number of thioether (sulfide) groups is 1. The van der Waals surface area contributed by atoms with Crippen molar-refractivity contribution in [1.29, 1.82) is 0 Å². The van der Waals surface area contributed by atoms with Crippen molar-refractivity contribution in [2.75, 3.05) is 11.4 Å². The van der Waals surface area contributed by atoms with Crippen LogP contribution in [0.3, 0.4) is 0 Å². The first-order valence-electron chi connectivity index (χ1n) is 8.06. The van der Waals surface area contributed by atoms with Gasteiger partial charge in [0.25, 0.3) is 0 Å². The zero-order valence-corrected chi connectivity index (χ0v) is 14.2. The number of allylic oxidation sites excluding steroid dienone is 4. The van der Waals surface area contributed by atoms with Crippen LogP contribution in [0.25, 0.3) is 11.6 Å². The quantitative estimate of drug-likeness (QED) is 0.711. The molecule has 118 valence electrons. The van der Waals surface area contributed by atoms with Crippen LogP contribution in [0.4, 0.5) is 5.69 Å². The number of rotatable bonds is 2. The SMILES string of the molecule is CCN1C(=CC=C2C(=O)C=Cc3ccccc32)Sc2ccccc21. The first-order chi connectivity index (χ1) is 11.8. The molecule has 0 aromatic heterocycles. The van der Waals surface area contributed by atoms with Crippen LogP contribution in [-0.2, 0) is 4.79 Å². The van der Waals surface area contributed by atoms with Gasteiger partial charge in [-0.15, -0.1) is 0 Å². The summed E-state index contributed by atoms with van der Waals surface area (Å²) in [4.78, 5) is 15.9. The highest BCUT2D eigenvalue weighted by Gasteiger charge is 2.23. The zero-order valence-electron chi connectivity index (χ0n) is 13.4. The van der Waals surface area contributed by atoms with Crippen molar-refractivity contribution < 1.29 is 4.79 Å². The summed E-state index contributed by atoms with van der Waals surface area (Å²) in [6.07, 6.45) is 7.57. The van der Waals surface area contributed by atoms with E-state index >= 15 is 0 Å². The summed E-state index contributed by atoms with van der Waals surface area (Å²) in [6, 6.07) is 16.4. The van der Waals surface area contributed by atoms with Crippen LogP contribution in [0.2, 0.25) is 0 Å². The van der Waals surface area contributed by atoms with Gasteiger partial charge in [0, 0.05) is 17.0 Å². The Morgan fingerprint density at radius 1 is 1.00 bits per heavy atom. The highest BCUT2D eigenvalue weighted by molar-refractivity contribution is 8.03. The predicted molar refractivity (Wildman–Crippen MR) is 102 cm³/mol. The zero-order chi connectivity index (χ0) is 16.5. The molecule has 2 nitrogen and oxygen atoms in total. The Kier molecular flexibility index (Phi) is 3.87. The van der Waals surface area contributed by atoms with Gasteiger partial charge in [-0.3, -0.25) is 4.79 Å². The lowest BCUT2D eigenvalue weighted by atomic mass is 9.91. The monoisotopic (exact) mass is 331 g/mol. The van der Waals surface area contributed by atoms with Crippen LogP contribution in [0, 0.1) is 0 Å². The number of ketones is 1. The molecule has 3 heteroatoms. The molecule has 1 aliphatic carbocycles. The first-order valence-corrected chi connectivity index (χ1v) is 8.88. The molecular weight excluding hydrogens is 314 g/mol. The summed E-state index contributed by atoms with van der Waals surface area (Å²) in [5.41, 5.74) is 4.10. The molecule has 0 amide bonds. The number of nitrogens with zero attached hydrogens (tertiary/aromatic N) is 1. The standard InChI is InChI=1S/C21H17NOS/c1-2-22-18-9-5-6-10-20(18)24-21(22)14-12-17-16-8-4-3-7-15(16)11-13-19(17)23/h3-14H,2H2,1H3. The third-order valence-corrected chi connectivity index (χ3v) is 5.41. The van der Waals surface area contributed by atoms with Gasteiger partial charge in [0.05, 0.1) is 10.7 Å². The average molecular weight is 331 g/mol. The van der Waals surface area contributed by atoms with Gasteiger partial charge in [-0.05, 0) is 48.4 Å². The number of fused-ring (bicyclic) bond motifs is 2. The lowest BCUT2D eigenvalue weighted by Crippen LogP contribution is -2.16. The lowest BCUT2D eigenvalue weighted by molar-refractivity contribution is -0.109. The smallest absolute Gasteiger partial charge is 0.186 e. The molecule has 2 aromatic rings. The molecule has 24 heavy (non-hydrogen) atoms. The van der Waals surface area contributed by atoms with Crippen LogP contribution in [0.1, 0.15) is 18.1 Å². The minimum absolute atomic E-state index is 0.0640. The molecule has 0 saturated heterocycles. The van der Waals surface area contributed by atoms with Crippen LogP contribution < -0.4 is 4.90 Å². The molecule has 0 radical (unpaired) electrons. The highest BCUT2D eigenvalue weighted by atomic mass is 32.2. The largest absolute Gasteiger partial charge is 0.335 e. The summed E-state index contributed by atoms with van der Waals surface area (Å²) < 4.78 is 0. The summed E-state index contributed by atoms with van der Waals surface area (Å²) in [6.45, 7) is 3.05. The Hall–Kier alpha value is -2.52. The fourth-order valence-corrected chi connectivity index (χ4v) is 4.23. The Bertz CT molecular complexity index is 908. The van der Waals surface area contributed by atoms with Crippen LogP contribution in [0.15, 0.2) is 76.7 Å². The van der Waals surface area contributed by atoms with E-state index in [0.717, 1.165) is 28.3 Å². The van der Waals surface area contributed by atoms with Gasteiger partial charge in [-0.2, -0.15) is 0 Å². The van der Waals surface area contributed by atoms with Crippen molar-refractivity contribution >= 4 is 34.9 Å². The normalized spacial score (nSPS) is 19.0. The topological polar surface area (TPSA) is 20.3 Å². The van der Waals surface area contributed by atoms with Crippen molar-refractivity contribution in [3.8, 4) is 0 Å². The number of para-hydroxylation sites is 1. The van der Waals surface area contributed by atoms with E-state index in [0.29, 0.717) is 0 Å². The highest BCUT2D eigenvalue weighted by Crippen LogP contribution is 2.45. The molecule has 2 aliphatic rings. The van der Waals surface area contributed by atoms with Crippen molar-refractivity contribution in [3.63, 3.8) is 0 Å². The molecule has 1 aliphatic heterocycles. The molecule has 0 unspecified atom stereocenters. The summed E-state index contributed by atoms with van der Waals surface area (Å²) in [5.74, 6) is 0.0640. The van der Waals surface area contributed by atoms with E-state index in [9.17, 15) is 4.79 Å². The average Bonchev–Trinajstić information content (AvgIpc) is 2.98. The molecule has 0 saturated carbocycles. The van der Waals surface area contributed by atoms with Gasteiger partial charge >= 0.3 is 0 Å². The summed E-state index contributed by atoms with van der Waals surface area (Å²) >= 11 is 1.75. The van der Waals surface area contributed by atoms with Gasteiger partial charge in [-0.25, -0.2) is 0 Å². The minimum Gasteiger partial charge on any atom is -0.335 e. The molecule has 0 bridgehead atoms. The third kappa shape index (κ3) is 2.51. The number of hydrogen-bond acceptors (Lipinski definition) is 3. The van der Waals surface area contributed by atoms with Crippen LogP contribution >= 0.6 is 11.8 Å². The number of carbonyl (C=O) groups is 1. The van der Waals surface area contributed by atoms with E-state index in [1.807, 2.05) is 36.4 Å². The molecule has 0 atom stereocenters. The van der Waals surface area contributed by atoms with Crippen LogP contribution in [0.5, 0.6) is 0 Å². The maximum absolute atomic E-state index is 12.3. The van der Waals surface area contributed by atoms with E-state index in [4.69, 9.17) is 0 Å². The second kappa shape index (κ2) is 6.17. The van der Waals surface area contributed by atoms with Crippen molar-refractivity contribution in [2.24, 2.45) is 0 Å². The van der Waals surface area contributed by atoms with Crippen LogP contribution in [-0.4, -0.2) is 12.3 Å². The molecular formula is C21H17NOS. The summed E-state index contributed by atoms with van der Waals surface area (Å²) in [5, 5.41) is 1.16. The summed E-state index contributed by atoms with van der Waals surface area (Å²) in [7, 11) is 0. The second-order valence-electron chi connectivity index (χ2n) is 5.68. The number of anilines is 1. The number of hydrogen-bond donors (Lipinski definition) is 0. The van der Waals surface area contributed by atoms with Gasteiger partial charge in [0.2, 0.25) is 0 Å². The molecule has 0 spiro atoms. The Labute approximate surface area is 146 Å². The van der Waals surface area contributed by atoms with Gasteiger partial charge in [0.1, 0.15) is 0 Å². The minimum atomic E-state index is 0.0640. The van der Waals surface area contributed by atoms with E-state index in [-0.39, 0.29) is 5.78 Å². The van der Waals surface area contributed by atoms with Crippen molar-refractivity contribution in [1.82, 2.24) is 0 Å². The third-order valence-electron chi connectivity index (χ3n) is 4.28. The Balaban J connectivity index is 1.73. The lowest BCUT2D eigenvalue weighted by Gasteiger charge is -2.18. The van der Waals surface area contributed by atoms with E-state index in [1.54, 1.807) is 17.8 Å². The fraction of sp³-hybridized carbons (Fsp3) is 0.0952. The van der Waals surface area contributed by atoms with E-state index in [1.165, 1.54) is 10.6 Å². The first kappa shape index (κ1) is 15.0. The molecule has 2 aromatic carbocycles. The maximum atomic E-state index is 12.3. The van der Waals surface area contributed by atoms with E-state index in [2.05, 4.69) is 42.2 Å². The van der Waals surface area contributed by atoms with E-state index < -0.39 is 0 Å². The number of benzene rings is 2. The van der Waals surface area contributed by atoms with Gasteiger partial charge in [-0.1, -0.05) is 54.2 Å². The predicted octanol–water partition coefficient (Wildman–Crippen LogP) is 5.14. The maximum Gasteiger partial charge on any atom is 0.186 e. The Morgan fingerprint density at radius 2 is 1.79 bits per heavy atom. The molecule has 0 fully saturated rings. The molecule has 1 heterocycles. The van der Waals surface area contributed by atoms with Gasteiger partial charge in [0.15, 0.2) is 5.78 Å². The number of carbonyl (C=O) groups excluding carboxylic acids is 1. The van der Waals surface area contributed by atoms with Crippen molar-refractivity contribution in [3.05, 3.63) is 82.9 Å². The molecule has 4 rings (SSSR count). The fourth-order valence-electron chi connectivity index (χ4n) is 3.11. The second-order valence-corrected chi connectivity index (χ2v) is 6.75.